The van der Waals surface area contributed by atoms with E-state index in [-0.39, 0.29) is 28.4 Å². The Labute approximate surface area is 264 Å². The molecular formula is C35H32N2O7S. The smallest absolute Gasteiger partial charge is 0.301 e. The van der Waals surface area contributed by atoms with Gasteiger partial charge in [-0.05, 0) is 67.8 Å². The van der Waals surface area contributed by atoms with Crippen LogP contribution in [0.2, 0.25) is 0 Å². The molecule has 1 aromatic heterocycles. The zero-order valence-corrected chi connectivity index (χ0v) is 26.1. The summed E-state index contributed by atoms with van der Waals surface area (Å²) in [7, 11) is 0. The minimum atomic E-state index is -1.05. The van der Waals surface area contributed by atoms with Gasteiger partial charge in [0.05, 0.1) is 28.8 Å². The third-order valence-electron chi connectivity index (χ3n) is 7.75. The van der Waals surface area contributed by atoms with Gasteiger partial charge in [-0.3, -0.25) is 19.3 Å². The first-order chi connectivity index (χ1) is 21.7. The highest BCUT2D eigenvalue weighted by molar-refractivity contribution is 7.18. The van der Waals surface area contributed by atoms with Gasteiger partial charge in [-0.2, -0.15) is 0 Å². The van der Waals surface area contributed by atoms with E-state index >= 15 is 0 Å². The predicted molar refractivity (Wildman–Crippen MR) is 170 cm³/mol. The molecule has 2 aliphatic rings. The normalized spacial score (nSPS) is 18.5. The van der Waals surface area contributed by atoms with Crippen LogP contribution in [0.25, 0.3) is 5.76 Å². The Morgan fingerprint density at radius 3 is 2.56 bits per heavy atom. The number of carbonyl (C=O) groups excluding carboxylic acids is 3. The van der Waals surface area contributed by atoms with Crippen molar-refractivity contribution in [2.24, 2.45) is 0 Å². The number of thiazole rings is 1. The number of aryl methyl sites for hydroxylation is 1. The van der Waals surface area contributed by atoms with Crippen LogP contribution in [0, 0.1) is 6.92 Å². The van der Waals surface area contributed by atoms with Gasteiger partial charge in [-0.15, -0.1) is 0 Å². The van der Waals surface area contributed by atoms with E-state index < -0.39 is 17.7 Å². The first-order valence-corrected chi connectivity index (χ1v) is 15.5. The van der Waals surface area contributed by atoms with Crippen LogP contribution in [0.15, 0.2) is 72.3 Å². The van der Waals surface area contributed by atoms with Crippen LogP contribution in [0.5, 0.6) is 17.2 Å². The Balaban J connectivity index is 1.48. The van der Waals surface area contributed by atoms with E-state index in [1.807, 2.05) is 44.2 Å². The molecule has 1 saturated heterocycles. The fourth-order valence-electron chi connectivity index (χ4n) is 5.70. The maximum absolute atomic E-state index is 13.8. The van der Waals surface area contributed by atoms with Gasteiger partial charge in [0.15, 0.2) is 22.4 Å². The van der Waals surface area contributed by atoms with E-state index in [4.69, 9.17) is 14.2 Å². The summed E-state index contributed by atoms with van der Waals surface area (Å²) in [6.45, 7) is 7.57. The quantitative estimate of drug-likeness (QED) is 0.0961. The summed E-state index contributed by atoms with van der Waals surface area (Å²) in [5, 5.41) is 11.9. The third kappa shape index (κ3) is 5.69. The first kappa shape index (κ1) is 30.1. The summed E-state index contributed by atoms with van der Waals surface area (Å²) in [4.78, 5) is 45.9. The number of aliphatic hydroxyl groups is 1. The molecule has 1 amide bonds. The van der Waals surface area contributed by atoms with Crippen LogP contribution in [-0.4, -0.2) is 40.3 Å². The molecule has 0 radical (unpaired) electrons. The van der Waals surface area contributed by atoms with Crippen LogP contribution >= 0.6 is 11.3 Å². The molecule has 3 heterocycles. The van der Waals surface area contributed by atoms with E-state index in [1.165, 1.54) is 11.8 Å². The van der Waals surface area contributed by atoms with Crippen molar-refractivity contribution in [3.8, 4) is 17.2 Å². The topological polar surface area (TPSA) is 115 Å². The number of carbonyl (C=O) groups is 3. The minimum absolute atomic E-state index is 0.00815. The average Bonchev–Trinajstić information content (AvgIpc) is 3.68. The maximum atomic E-state index is 13.8. The number of anilines is 1. The van der Waals surface area contributed by atoms with Gasteiger partial charge in [0, 0.05) is 18.9 Å². The molecule has 4 aromatic rings. The zero-order chi connectivity index (χ0) is 31.8. The molecule has 0 unspecified atom stereocenters. The Morgan fingerprint density at radius 1 is 1.07 bits per heavy atom. The fraction of sp³-hybridized carbons (Fsp3) is 0.257. The monoisotopic (exact) mass is 624 g/mol. The Kier molecular flexibility index (Phi) is 8.16. The Morgan fingerprint density at radius 2 is 1.84 bits per heavy atom. The van der Waals surface area contributed by atoms with Crippen LogP contribution in [0.3, 0.4) is 0 Å². The molecule has 2 atom stereocenters. The minimum Gasteiger partial charge on any atom is -0.507 e. The molecule has 6 rings (SSSR count). The number of fused-ring (bicyclic) bond motifs is 1. The SMILES string of the molecule is CCOc1cc([C@@H]2C(=C(O)c3ccc4c(c3)C[C@H](C)O4)C(=O)C(=O)N2c2nc(C)c(C(C)=O)s2)ccc1OCc1ccccc1. The number of ether oxygens (including phenoxy) is 3. The van der Waals surface area contributed by atoms with Gasteiger partial charge < -0.3 is 19.3 Å². The second-order valence-corrected chi connectivity index (χ2v) is 12.0. The zero-order valence-electron chi connectivity index (χ0n) is 25.3. The highest BCUT2D eigenvalue weighted by Gasteiger charge is 2.48. The number of Topliss-reactive ketones (excluding diaryl/α,β-unsaturated/α-hetero) is 2. The van der Waals surface area contributed by atoms with Crippen molar-refractivity contribution >= 4 is 39.7 Å². The molecular weight excluding hydrogens is 592 g/mol. The standard InChI is InChI=1S/C35H32N2O7S/c1-5-42-28-17-23(11-14-27(28)43-18-22-9-7-6-8-10-22)30-29(31(39)24-12-13-26-25(16-24)15-19(2)44-26)32(40)34(41)37(30)35-36-20(3)33(45-35)21(4)38/h6-14,16-17,19,30,39H,5,15,18H2,1-4H3/t19-,30+/m0/s1. The highest BCUT2D eigenvalue weighted by atomic mass is 32.1. The second kappa shape index (κ2) is 12.2. The molecule has 0 bridgehead atoms. The molecule has 3 aromatic carbocycles. The van der Waals surface area contributed by atoms with Crippen LogP contribution in [0.1, 0.15) is 64.4 Å². The average molecular weight is 625 g/mol. The summed E-state index contributed by atoms with van der Waals surface area (Å²) in [5.41, 5.74) is 3.13. The van der Waals surface area contributed by atoms with Gasteiger partial charge >= 0.3 is 5.91 Å². The van der Waals surface area contributed by atoms with Gasteiger partial charge in [-0.1, -0.05) is 47.7 Å². The summed E-state index contributed by atoms with van der Waals surface area (Å²) < 4.78 is 17.9. The van der Waals surface area contributed by atoms with Crippen molar-refractivity contribution < 1.29 is 33.7 Å². The van der Waals surface area contributed by atoms with E-state index in [1.54, 1.807) is 43.3 Å². The number of benzene rings is 3. The van der Waals surface area contributed by atoms with E-state index in [9.17, 15) is 19.5 Å². The van der Waals surface area contributed by atoms with Crippen molar-refractivity contribution in [2.75, 3.05) is 11.5 Å². The number of nitrogens with zero attached hydrogens (tertiary/aromatic N) is 2. The number of aliphatic hydroxyl groups excluding tert-OH is 1. The molecule has 230 valence electrons. The van der Waals surface area contributed by atoms with Crippen molar-refractivity contribution in [3.05, 3.63) is 105 Å². The number of amides is 1. The van der Waals surface area contributed by atoms with Crippen molar-refractivity contribution in [2.45, 2.75) is 52.9 Å². The lowest BCUT2D eigenvalue weighted by atomic mass is 9.94. The lowest BCUT2D eigenvalue weighted by molar-refractivity contribution is -0.132. The summed E-state index contributed by atoms with van der Waals surface area (Å²) in [6, 6.07) is 19.0. The first-order valence-electron chi connectivity index (χ1n) is 14.7. The fourth-order valence-corrected chi connectivity index (χ4v) is 6.69. The molecule has 9 nitrogen and oxygen atoms in total. The van der Waals surface area contributed by atoms with Crippen LogP contribution in [0.4, 0.5) is 5.13 Å². The Hall–Kier alpha value is -4.96. The van der Waals surface area contributed by atoms with Crippen molar-refractivity contribution in [1.29, 1.82) is 0 Å². The third-order valence-corrected chi connectivity index (χ3v) is 9.00. The summed E-state index contributed by atoms with van der Waals surface area (Å²) >= 11 is 1.03. The molecule has 10 heteroatoms. The predicted octanol–water partition coefficient (Wildman–Crippen LogP) is 6.58. The molecule has 0 spiro atoms. The largest absolute Gasteiger partial charge is 0.507 e. The second-order valence-electron chi connectivity index (χ2n) is 11.0. The number of ketones is 2. The van der Waals surface area contributed by atoms with Gasteiger partial charge in [0.1, 0.15) is 24.2 Å². The van der Waals surface area contributed by atoms with Gasteiger partial charge in [0.2, 0.25) is 0 Å². The molecule has 45 heavy (non-hydrogen) atoms. The maximum Gasteiger partial charge on any atom is 0.301 e. The van der Waals surface area contributed by atoms with Gasteiger partial charge in [0.25, 0.3) is 5.78 Å². The molecule has 1 fully saturated rings. The van der Waals surface area contributed by atoms with E-state index in [2.05, 4.69) is 4.98 Å². The number of hydrogen-bond donors (Lipinski definition) is 1. The van der Waals surface area contributed by atoms with Crippen LogP contribution < -0.4 is 19.1 Å². The molecule has 0 saturated carbocycles. The summed E-state index contributed by atoms with van der Waals surface area (Å²) in [5.74, 6) is -0.604. The Bertz CT molecular complexity index is 1850. The highest BCUT2D eigenvalue weighted by Crippen LogP contribution is 2.46. The van der Waals surface area contributed by atoms with Gasteiger partial charge in [-0.25, -0.2) is 4.98 Å². The number of hydrogen-bond acceptors (Lipinski definition) is 9. The van der Waals surface area contributed by atoms with Crippen LogP contribution in [-0.2, 0) is 22.6 Å². The van der Waals surface area contributed by atoms with Crippen molar-refractivity contribution in [1.82, 2.24) is 4.98 Å². The number of aromatic nitrogens is 1. The molecule has 1 N–H and O–H groups in total. The number of rotatable bonds is 9. The molecule has 2 aliphatic heterocycles. The van der Waals surface area contributed by atoms with E-state index in [0.717, 1.165) is 28.2 Å². The lowest BCUT2D eigenvalue weighted by Gasteiger charge is -2.24. The summed E-state index contributed by atoms with van der Waals surface area (Å²) in [6.07, 6.45) is 0.647. The van der Waals surface area contributed by atoms with Crippen molar-refractivity contribution in [3.63, 3.8) is 0 Å². The van der Waals surface area contributed by atoms with E-state index in [0.29, 0.717) is 52.8 Å². The lowest BCUT2D eigenvalue weighted by Crippen LogP contribution is -2.29. The molecule has 0 aliphatic carbocycles.